The van der Waals surface area contributed by atoms with Gasteiger partial charge in [0.15, 0.2) is 0 Å². The van der Waals surface area contributed by atoms with Gasteiger partial charge in [0.05, 0.1) is 11.2 Å². The fourth-order valence-corrected chi connectivity index (χ4v) is 1.72. The normalized spacial score (nSPS) is 10.4. The van der Waals surface area contributed by atoms with Gasteiger partial charge in [-0.05, 0) is 31.3 Å². The van der Waals surface area contributed by atoms with Gasteiger partial charge in [0, 0.05) is 18.3 Å². The Labute approximate surface area is 110 Å². The van der Waals surface area contributed by atoms with Gasteiger partial charge in [-0.2, -0.15) is 0 Å². The Kier molecular flexibility index (Phi) is 4.12. The van der Waals surface area contributed by atoms with Crippen LogP contribution in [0.4, 0.5) is 4.39 Å². The molecule has 0 aliphatic carbocycles. The van der Waals surface area contributed by atoms with E-state index in [1.54, 1.807) is 12.4 Å². The van der Waals surface area contributed by atoms with Crippen molar-refractivity contribution < 1.29 is 9.13 Å². The molecule has 0 aliphatic rings. The van der Waals surface area contributed by atoms with Gasteiger partial charge in [0.2, 0.25) is 0 Å². The number of ether oxygens (including phenoxy) is 1. The second kappa shape index (κ2) is 5.80. The van der Waals surface area contributed by atoms with Crippen molar-refractivity contribution >= 4 is 11.6 Å². The van der Waals surface area contributed by atoms with Gasteiger partial charge >= 0.3 is 0 Å². The molecular formula is C13H12ClFN2O. The molecule has 1 aromatic heterocycles. The van der Waals surface area contributed by atoms with E-state index in [9.17, 15) is 4.39 Å². The van der Waals surface area contributed by atoms with Gasteiger partial charge in [-0.25, -0.2) is 4.39 Å². The summed E-state index contributed by atoms with van der Waals surface area (Å²) in [6.07, 6.45) is 3.29. The van der Waals surface area contributed by atoms with Crippen molar-refractivity contribution in [2.75, 3.05) is 7.05 Å². The lowest BCUT2D eigenvalue weighted by Crippen LogP contribution is -2.06. The summed E-state index contributed by atoms with van der Waals surface area (Å²) in [6, 6.07) is 5.86. The SMILES string of the molecule is CNCc1ccncc1Oc1ccc(F)cc1Cl. The van der Waals surface area contributed by atoms with Gasteiger partial charge in [-0.1, -0.05) is 11.6 Å². The Morgan fingerprint density at radius 3 is 2.89 bits per heavy atom. The fourth-order valence-electron chi connectivity index (χ4n) is 1.51. The summed E-state index contributed by atoms with van der Waals surface area (Å²) in [7, 11) is 1.84. The zero-order valence-electron chi connectivity index (χ0n) is 9.78. The number of halogens is 2. The largest absolute Gasteiger partial charge is 0.454 e. The first-order valence-corrected chi connectivity index (χ1v) is 5.79. The summed E-state index contributed by atoms with van der Waals surface area (Å²) in [5.41, 5.74) is 0.952. The molecule has 0 radical (unpaired) electrons. The second-order valence-electron chi connectivity index (χ2n) is 3.69. The molecule has 0 aliphatic heterocycles. The van der Waals surface area contributed by atoms with Crippen LogP contribution in [0, 0.1) is 5.82 Å². The lowest BCUT2D eigenvalue weighted by atomic mass is 10.2. The maximum Gasteiger partial charge on any atom is 0.150 e. The molecule has 2 rings (SSSR count). The minimum Gasteiger partial charge on any atom is -0.454 e. The van der Waals surface area contributed by atoms with Crippen LogP contribution in [0.5, 0.6) is 11.5 Å². The standard InChI is InChI=1S/C13H12ClFN2O/c1-16-7-9-4-5-17-8-13(9)18-12-3-2-10(15)6-11(12)14/h2-6,8,16H,7H2,1H3. The highest BCUT2D eigenvalue weighted by Crippen LogP contribution is 2.31. The predicted octanol–water partition coefficient (Wildman–Crippen LogP) is 3.39. The van der Waals surface area contributed by atoms with E-state index >= 15 is 0 Å². The Morgan fingerprint density at radius 1 is 1.33 bits per heavy atom. The molecule has 3 nitrogen and oxygen atoms in total. The Bertz CT molecular complexity index is 548. The Morgan fingerprint density at radius 2 is 2.17 bits per heavy atom. The first-order chi connectivity index (χ1) is 8.70. The minimum absolute atomic E-state index is 0.231. The highest BCUT2D eigenvalue weighted by Gasteiger charge is 2.08. The molecule has 0 fully saturated rings. The van der Waals surface area contributed by atoms with Gasteiger partial charge in [0.1, 0.15) is 17.3 Å². The quantitative estimate of drug-likeness (QED) is 0.921. The molecule has 0 unspecified atom stereocenters. The number of nitrogens with one attached hydrogen (secondary N) is 1. The van der Waals surface area contributed by atoms with E-state index < -0.39 is 5.82 Å². The van der Waals surface area contributed by atoms with E-state index in [0.717, 1.165) is 5.56 Å². The van der Waals surface area contributed by atoms with Gasteiger partial charge in [-0.15, -0.1) is 0 Å². The van der Waals surface area contributed by atoms with E-state index in [0.29, 0.717) is 18.0 Å². The van der Waals surface area contributed by atoms with E-state index in [2.05, 4.69) is 10.3 Å². The zero-order valence-corrected chi connectivity index (χ0v) is 10.5. The molecule has 0 atom stereocenters. The van der Waals surface area contributed by atoms with Crippen molar-refractivity contribution in [2.45, 2.75) is 6.54 Å². The number of benzene rings is 1. The topological polar surface area (TPSA) is 34.2 Å². The maximum absolute atomic E-state index is 12.9. The van der Waals surface area contributed by atoms with Crippen molar-refractivity contribution in [3.63, 3.8) is 0 Å². The van der Waals surface area contributed by atoms with Crippen molar-refractivity contribution in [3.8, 4) is 11.5 Å². The van der Waals surface area contributed by atoms with Crippen LogP contribution in [0.2, 0.25) is 5.02 Å². The zero-order chi connectivity index (χ0) is 13.0. The van der Waals surface area contributed by atoms with Gasteiger partial charge < -0.3 is 10.1 Å². The van der Waals surface area contributed by atoms with Crippen LogP contribution in [0.1, 0.15) is 5.56 Å². The number of nitrogens with zero attached hydrogens (tertiary/aromatic N) is 1. The molecule has 0 amide bonds. The molecule has 0 spiro atoms. The first kappa shape index (κ1) is 12.8. The van der Waals surface area contributed by atoms with Crippen LogP contribution in [0.3, 0.4) is 0 Å². The van der Waals surface area contributed by atoms with Crippen LogP contribution in [0.15, 0.2) is 36.7 Å². The summed E-state index contributed by atoms with van der Waals surface area (Å²) < 4.78 is 18.6. The number of hydrogen-bond donors (Lipinski definition) is 1. The molecule has 0 bridgehead atoms. The van der Waals surface area contributed by atoms with E-state index in [1.807, 2.05) is 13.1 Å². The predicted molar refractivity (Wildman–Crippen MR) is 68.5 cm³/mol. The smallest absolute Gasteiger partial charge is 0.150 e. The van der Waals surface area contributed by atoms with Crippen LogP contribution >= 0.6 is 11.6 Å². The third kappa shape index (κ3) is 2.97. The van der Waals surface area contributed by atoms with E-state index in [1.165, 1.54) is 18.2 Å². The van der Waals surface area contributed by atoms with Crippen molar-refractivity contribution in [1.29, 1.82) is 0 Å². The lowest BCUT2D eigenvalue weighted by molar-refractivity contribution is 0.470. The average Bonchev–Trinajstić information content (AvgIpc) is 2.35. The molecule has 1 aromatic carbocycles. The van der Waals surface area contributed by atoms with Crippen LogP contribution < -0.4 is 10.1 Å². The molecule has 1 heterocycles. The van der Waals surface area contributed by atoms with Gasteiger partial charge in [0.25, 0.3) is 0 Å². The van der Waals surface area contributed by atoms with Crippen LogP contribution in [-0.2, 0) is 6.54 Å². The lowest BCUT2D eigenvalue weighted by Gasteiger charge is -2.11. The van der Waals surface area contributed by atoms with Crippen molar-refractivity contribution in [2.24, 2.45) is 0 Å². The summed E-state index contributed by atoms with van der Waals surface area (Å²) in [6.45, 7) is 0.649. The number of pyridine rings is 1. The Balaban J connectivity index is 2.28. The second-order valence-corrected chi connectivity index (χ2v) is 4.10. The van der Waals surface area contributed by atoms with Crippen LogP contribution in [-0.4, -0.2) is 12.0 Å². The number of rotatable bonds is 4. The van der Waals surface area contributed by atoms with Gasteiger partial charge in [-0.3, -0.25) is 4.98 Å². The molecule has 2 aromatic rings. The first-order valence-electron chi connectivity index (χ1n) is 5.41. The average molecular weight is 267 g/mol. The summed E-state index contributed by atoms with van der Waals surface area (Å²) >= 11 is 5.91. The maximum atomic E-state index is 12.9. The highest BCUT2D eigenvalue weighted by atomic mass is 35.5. The molecule has 1 N–H and O–H groups in total. The molecule has 18 heavy (non-hydrogen) atoms. The third-order valence-corrected chi connectivity index (χ3v) is 2.65. The number of hydrogen-bond acceptors (Lipinski definition) is 3. The third-order valence-electron chi connectivity index (χ3n) is 2.35. The Hall–Kier alpha value is -1.65. The molecule has 0 saturated heterocycles. The molecule has 94 valence electrons. The summed E-state index contributed by atoms with van der Waals surface area (Å²) in [5.74, 6) is 0.609. The summed E-state index contributed by atoms with van der Waals surface area (Å²) in [4.78, 5) is 4.00. The molecule has 0 saturated carbocycles. The fraction of sp³-hybridized carbons (Fsp3) is 0.154. The molecular weight excluding hydrogens is 255 g/mol. The van der Waals surface area contributed by atoms with E-state index in [-0.39, 0.29) is 5.02 Å². The van der Waals surface area contributed by atoms with Crippen LogP contribution in [0.25, 0.3) is 0 Å². The number of aromatic nitrogens is 1. The van der Waals surface area contributed by atoms with E-state index in [4.69, 9.17) is 16.3 Å². The molecule has 5 heteroatoms. The summed E-state index contributed by atoms with van der Waals surface area (Å²) in [5, 5.41) is 3.26. The monoisotopic (exact) mass is 266 g/mol. The highest BCUT2D eigenvalue weighted by molar-refractivity contribution is 6.32. The van der Waals surface area contributed by atoms with Crippen molar-refractivity contribution in [3.05, 3.63) is 53.1 Å². The van der Waals surface area contributed by atoms with Crippen molar-refractivity contribution in [1.82, 2.24) is 10.3 Å². The minimum atomic E-state index is -0.394.